The van der Waals surface area contributed by atoms with Gasteiger partial charge in [0.1, 0.15) is 0 Å². The zero-order valence-corrected chi connectivity index (χ0v) is 18.6. The normalized spacial score (nSPS) is 11.7. The molecule has 2 rings (SSSR count). The van der Waals surface area contributed by atoms with Gasteiger partial charge in [0.2, 0.25) is 5.91 Å². The van der Waals surface area contributed by atoms with Crippen LogP contribution in [0.5, 0.6) is 11.5 Å². The zero-order valence-electron chi connectivity index (χ0n) is 17.8. The fourth-order valence-corrected chi connectivity index (χ4v) is 3.13. The first kappa shape index (κ1) is 23.5. The fourth-order valence-electron chi connectivity index (χ4n) is 3.00. The summed E-state index contributed by atoms with van der Waals surface area (Å²) in [5.74, 6) is 0.874. The van der Waals surface area contributed by atoms with Gasteiger partial charge in [0.15, 0.2) is 11.5 Å². The van der Waals surface area contributed by atoms with E-state index in [0.717, 1.165) is 18.4 Å². The van der Waals surface area contributed by atoms with E-state index in [1.165, 1.54) is 14.2 Å². The fraction of sp³-hybridized carbons (Fsp3) is 0.391. The second-order valence-electron chi connectivity index (χ2n) is 7.40. The second kappa shape index (κ2) is 11.5. The topological polar surface area (TPSA) is 76.7 Å². The van der Waals surface area contributed by atoms with Crippen LogP contribution in [0.2, 0.25) is 5.02 Å². The third kappa shape index (κ3) is 6.95. The maximum absolute atomic E-state index is 12.5. The monoisotopic (exact) mass is 432 g/mol. The molecule has 2 amide bonds. The molecule has 0 saturated heterocycles. The van der Waals surface area contributed by atoms with Crippen LogP contribution in [0.3, 0.4) is 0 Å². The van der Waals surface area contributed by atoms with E-state index < -0.39 is 0 Å². The second-order valence-corrected chi connectivity index (χ2v) is 7.83. The first-order valence-electron chi connectivity index (χ1n) is 9.89. The molecule has 162 valence electrons. The van der Waals surface area contributed by atoms with Crippen LogP contribution in [-0.4, -0.2) is 32.6 Å². The third-order valence-electron chi connectivity index (χ3n) is 4.70. The molecule has 2 aromatic carbocycles. The van der Waals surface area contributed by atoms with Crippen LogP contribution in [0.4, 0.5) is 0 Å². The van der Waals surface area contributed by atoms with E-state index in [1.54, 1.807) is 18.2 Å². The molecule has 6 nitrogen and oxygen atoms in total. The van der Waals surface area contributed by atoms with E-state index in [0.29, 0.717) is 28.0 Å². The van der Waals surface area contributed by atoms with Crippen molar-refractivity contribution in [2.24, 2.45) is 5.92 Å². The van der Waals surface area contributed by atoms with E-state index in [-0.39, 0.29) is 24.4 Å². The Balaban J connectivity index is 1.99. The van der Waals surface area contributed by atoms with Crippen molar-refractivity contribution < 1.29 is 19.1 Å². The van der Waals surface area contributed by atoms with E-state index in [4.69, 9.17) is 21.1 Å². The summed E-state index contributed by atoms with van der Waals surface area (Å²) in [5.41, 5.74) is 1.37. The number of rotatable bonds is 10. The Hall–Kier alpha value is -2.73. The lowest BCUT2D eigenvalue weighted by molar-refractivity contribution is -0.120. The Bertz CT molecular complexity index is 853. The first-order valence-corrected chi connectivity index (χ1v) is 10.3. The highest BCUT2D eigenvalue weighted by atomic mass is 35.5. The molecule has 0 bridgehead atoms. The van der Waals surface area contributed by atoms with Crippen LogP contribution in [0.15, 0.2) is 42.5 Å². The summed E-state index contributed by atoms with van der Waals surface area (Å²) in [5, 5.41) is 6.31. The van der Waals surface area contributed by atoms with Gasteiger partial charge in [-0.3, -0.25) is 9.59 Å². The van der Waals surface area contributed by atoms with Gasteiger partial charge >= 0.3 is 0 Å². The van der Waals surface area contributed by atoms with Crippen molar-refractivity contribution >= 4 is 23.4 Å². The molecule has 0 fully saturated rings. The van der Waals surface area contributed by atoms with Crippen molar-refractivity contribution in [2.45, 2.75) is 32.7 Å². The summed E-state index contributed by atoms with van der Waals surface area (Å²) >= 11 is 5.98. The van der Waals surface area contributed by atoms with E-state index >= 15 is 0 Å². The standard InChI is InChI=1S/C23H29ClN2O4/c1-15(2)5-11-19(16-6-9-18(24)10-7-16)26-22(27)14-25-23(28)17-8-12-20(29-3)21(13-17)30-4/h6-10,12-13,15,19H,5,11,14H2,1-4H3,(H,25,28)(H,26,27). The van der Waals surface area contributed by atoms with E-state index in [2.05, 4.69) is 24.5 Å². The minimum Gasteiger partial charge on any atom is -0.493 e. The van der Waals surface area contributed by atoms with Gasteiger partial charge in [-0.2, -0.15) is 0 Å². The predicted octanol–water partition coefficient (Wildman–Crippen LogP) is 4.38. The number of nitrogens with one attached hydrogen (secondary N) is 2. The summed E-state index contributed by atoms with van der Waals surface area (Å²) in [7, 11) is 3.03. The van der Waals surface area contributed by atoms with Crippen LogP contribution >= 0.6 is 11.6 Å². The zero-order chi connectivity index (χ0) is 22.1. The highest BCUT2D eigenvalue weighted by molar-refractivity contribution is 6.30. The van der Waals surface area contributed by atoms with E-state index in [1.807, 2.05) is 24.3 Å². The third-order valence-corrected chi connectivity index (χ3v) is 4.95. The quantitative estimate of drug-likeness (QED) is 0.584. The molecule has 7 heteroatoms. The van der Waals surface area contributed by atoms with Gasteiger partial charge in [-0.25, -0.2) is 0 Å². The minimum atomic E-state index is -0.365. The SMILES string of the molecule is COc1ccc(C(=O)NCC(=O)NC(CCC(C)C)c2ccc(Cl)cc2)cc1OC. The molecule has 2 aromatic rings. The van der Waals surface area contributed by atoms with Crippen molar-refractivity contribution in [1.29, 1.82) is 0 Å². The smallest absolute Gasteiger partial charge is 0.251 e. The van der Waals surface area contributed by atoms with Crippen molar-refractivity contribution in [1.82, 2.24) is 10.6 Å². The number of hydrogen-bond donors (Lipinski definition) is 2. The molecule has 0 spiro atoms. The summed E-state index contributed by atoms with van der Waals surface area (Å²) < 4.78 is 10.4. The predicted molar refractivity (Wildman–Crippen MR) is 118 cm³/mol. The Kier molecular flexibility index (Phi) is 8.99. The van der Waals surface area contributed by atoms with Gasteiger partial charge < -0.3 is 20.1 Å². The van der Waals surface area contributed by atoms with Crippen molar-refractivity contribution in [2.75, 3.05) is 20.8 Å². The highest BCUT2D eigenvalue weighted by Crippen LogP contribution is 2.27. The molecule has 0 radical (unpaired) electrons. The minimum absolute atomic E-state index is 0.126. The Morgan fingerprint density at radius 2 is 1.63 bits per heavy atom. The summed E-state index contributed by atoms with van der Waals surface area (Å²) in [4.78, 5) is 24.9. The molecular formula is C23H29ClN2O4. The number of ether oxygens (including phenoxy) is 2. The Morgan fingerprint density at radius 3 is 2.23 bits per heavy atom. The molecule has 0 aromatic heterocycles. The van der Waals surface area contributed by atoms with Crippen molar-refractivity contribution in [3.63, 3.8) is 0 Å². The average molecular weight is 433 g/mol. The lowest BCUT2D eigenvalue weighted by atomic mass is 9.97. The molecular weight excluding hydrogens is 404 g/mol. The van der Waals surface area contributed by atoms with E-state index in [9.17, 15) is 9.59 Å². The van der Waals surface area contributed by atoms with Gasteiger partial charge in [-0.1, -0.05) is 37.6 Å². The molecule has 1 atom stereocenters. The number of methoxy groups -OCH3 is 2. The largest absolute Gasteiger partial charge is 0.493 e. The van der Waals surface area contributed by atoms with Crippen LogP contribution in [0, 0.1) is 5.92 Å². The van der Waals surface area contributed by atoms with Crippen molar-refractivity contribution in [3.05, 3.63) is 58.6 Å². The van der Waals surface area contributed by atoms with Gasteiger partial charge in [0.25, 0.3) is 5.91 Å². The maximum Gasteiger partial charge on any atom is 0.251 e. The number of carbonyl (C=O) groups is 2. The van der Waals surface area contributed by atoms with Gasteiger partial charge in [-0.05, 0) is 54.7 Å². The molecule has 2 N–H and O–H groups in total. The number of halogens is 1. The number of hydrogen-bond acceptors (Lipinski definition) is 4. The number of amides is 2. The highest BCUT2D eigenvalue weighted by Gasteiger charge is 2.17. The lowest BCUT2D eigenvalue weighted by Gasteiger charge is -2.20. The maximum atomic E-state index is 12.5. The molecule has 1 unspecified atom stereocenters. The van der Waals surface area contributed by atoms with Crippen LogP contribution in [0.1, 0.15) is 48.7 Å². The number of benzene rings is 2. The lowest BCUT2D eigenvalue weighted by Crippen LogP contribution is -2.38. The Labute approximate surface area is 182 Å². The average Bonchev–Trinajstić information content (AvgIpc) is 2.74. The van der Waals surface area contributed by atoms with Crippen LogP contribution in [-0.2, 0) is 4.79 Å². The van der Waals surface area contributed by atoms with Crippen molar-refractivity contribution in [3.8, 4) is 11.5 Å². The molecule has 0 aliphatic heterocycles. The Morgan fingerprint density at radius 1 is 0.967 bits per heavy atom. The summed E-state index contributed by atoms with van der Waals surface area (Å²) in [6, 6.07) is 12.1. The molecule has 0 heterocycles. The van der Waals surface area contributed by atoms with Gasteiger partial charge in [-0.15, -0.1) is 0 Å². The molecule has 0 saturated carbocycles. The summed E-state index contributed by atoms with van der Waals surface area (Å²) in [6.07, 6.45) is 1.76. The molecule has 30 heavy (non-hydrogen) atoms. The summed E-state index contributed by atoms with van der Waals surface area (Å²) in [6.45, 7) is 4.16. The van der Waals surface area contributed by atoms with Crippen LogP contribution in [0.25, 0.3) is 0 Å². The molecule has 0 aliphatic carbocycles. The van der Waals surface area contributed by atoms with Crippen LogP contribution < -0.4 is 20.1 Å². The first-order chi connectivity index (χ1) is 14.3. The molecule has 0 aliphatic rings. The van der Waals surface area contributed by atoms with Gasteiger partial charge in [0.05, 0.1) is 26.8 Å². The number of carbonyl (C=O) groups excluding carboxylic acids is 2. The van der Waals surface area contributed by atoms with Gasteiger partial charge in [0, 0.05) is 10.6 Å².